The van der Waals surface area contributed by atoms with Crippen LogP contribution in [-0.4, -0.2) is 88.2 Å². The normalized spacial score (nSPS) is 8.98. The Morgan fingerprint density at radius 3 is 1.61 bits per heavy atom. The number of aromatic hydroxyl groups is 1. The number of ether oxygens (including phenoxy) is 7. The standard InChI is InChI=1S/C11H11NO4.C10H11NO5.C9H10O4.C2H2BrN/c1-12-7-16-9-5-4-8(11(13)15-3)6-10(9)14-2;1-15-8-4-6(10(13)14)2-3-7(8)16-5-9(11)12;1-12-8-5-6(9(11)13-2)3-4-7(8)10;3-1-2-4/h4-6H,7H2,2-3H3;2-4H,5H2,1H3,(H2,11,12)(H,13,14);3-5,10H,1-2H3;1H2. The predicted octanol–water partition coefficient (Wildman–Crippen LogP) is 4.09. The zero-order valence-electron chi connectivity index (χ0n) is 27.1. The van der Waals surface area contributed by atoms with E-state index in [1.165, 1.54) is 78.0 Å². The summed E-state index contributed by atoms with van der Waals surface area (Å²) in [5.41, 5.74) is 5.70. The van der Waals surface area contributed by atoms with E-state index >= 15 is 0 Å². The lowest BCUT2D eigenvalue weighted by atomic mass is 10.2. The number of phenolic OH excluding ortho intramolecular Hbond substituents is 1. The van der Waals surface area contributed by atoms with E-state index in [9.17, 15) is 24.3 Å². The van der Waals surface area contributed by atoms with Crippen LogP contribution in [0.5, 0.6) is 34.5 Å². The fourth-order valence-corrected chi connectivity index (χ4v) is 3.12. The van der Waals surface area contributed by atoms with Gasteiger partial charge in [0.05, 0.1) is 63.6 Å². The maximum Gasteiger partial charge on any atom is 0.357 e. The molecule has 16 nitrogen and oxygen atoms in total. The lowest BCUT2D eigenvalue weighted by Crippen LogP contribution is -2.20. The van der Waals surface area contributed by atoms with Gasteiger partial charge in [0.25, 0.3) is 5.91 Å². The average Bonchev–Trinajstić information content (AvgIpc) is 3.12. The number of primary amides is 1. The number of phenols is 1. The molecule has 262 valence electrons. The van der Waals surface area contributed by atoms with Gasteiger partial charge in [0.15, 0.2) is 41.1 Å². The van der Waals surface area contributed by atoms with Crippen molar-refractivity contribution in [1.29, 1.82) is 5.26 Å². The minimum absolute atomic E-state index is 0.00449. The summed E-state index contributed by atoms with van der Waals surface area (Å²) in [6, 6.07) is 14.8. The van der Waals surface area contributed by atoms with Crippen molar-refractivity contribution in [2.24, 2.45) is 5.73 Å². The van der Waals surface area contributed by atoms with Gasteiger partial charge in [-0.1, -0.05) is 15.9 Å². The van der Waals surface area contributed by atoms with Gasteiger partial charge in [0, 0.05) is 0 Å². The van der Waals surface area contributed by atoms with Crippen LogP contribution in [0.15, 0.2) is 54.6 Å². The third kappa shape index (κ3) is 15.8. The smallest absolute Gasteiger partial charge is 0.357 e. The highest BCUT2D eigenvalue weighted by molar-refractivity contribution is 9.09. The molecule has 0 bridgehead atoms. The van der Waals surface area contributed by atoms with Crippen molar-refractivity contribution in [2.45, 2.75) is 0 Å². The molecule has 3 aromatic carbocycles. The van der Waals surface area contributed by atoms with Crippen LogP contribution >= 0.6 is 15.9 Å². The number of esters is 2. The van der Waals surface area contributed by atoms with Crippen LogP contribution < -0.4 is 29.4 Å². The number of carbonyl (C=O) groups is 4. The number of benzene rings is 3. The summed E-state index contributed by atoms with van der Waals surface area (Å²) in [6.07, 6.45) is 0. The highest BCUT2D eigenvalue weighted by Gasteiger charge is 2.12. The minimum Gasteiger partial charge on any atom is -0.504 e. The number of carboxylic acid groups (broad SMARTS) is 1. The molecule has 0 saturated carbocycles. The number of carbonyl (C=O) groups excluding carboxylic acids is 3. The molecule has 49 heavy (non-hydrogen) atoms. The molecule has 17 heteroatoms. The van der Waals surface area contributed by atoms with Crippen molar-refractivity contribution in [1.82, 2.24) is 0 Å². The molecule has 0 fully saturated rings. The molecule has 0 atom stereocenters. The third-order valence-electron chi connectivity index (χ3n) is 5.31. The van der Waals surface area contributed by atoms with Gasteiger partial charge >= 0.3 is 24.6 Å². The van der Waals surface area contributed by atoms with Crippen LogP contribution in [0.25, 0.3) is 4.85 Å². The van der Waals surface area contributed by atoms with E-state index in [-0.39, 0.29) is 41.9 Å². The highest BCUT2D eigenvalue weighted by atomic mass is 79.9. The number of nitrogens with two attached hydrogens (primary N) is 1. The summed E-state index contributed by atoms with van der Waals surface area (Å²) in [5.74, 6) is -1.03. The molecular formula is C32H34BrN3O13. The minimum atomic E-state index is -1.07. The zero-order valence-corrected chi connectivity index (χ0v) is 28.6. The zero-order chi connectivity index (χ0) is 37.4. The number of rotatable bonds is 11. The Bertz CT molecular complexity index is 1640. The van der Waals surface area contributed by atoms with Crippen LogP contribution in [0.4, 0.5) is 0 Å². The first-order chi connectivity index (χ1) is 23.4. The van der Waals surface area contributed by atoms with Crippen molar-refractivity contribution in [3.05, 3.63) is 82.7 Å². The summed E-state index contributed by atoms with van der Waals surface area (Å²) >= 11 is 2.89. The van der Waals surface area contributed by atoms with Crippen LogP contribution in [-0.2, 0) is 14.3 Å². The van der Waals surface area contributed by atoms with Gasteiger partial charge in [-0.25, -0.2) is 21.0 Å². The Hall–Kier alpha value is -6.20. The molecule has 0 aromatic heterocycles. The SMILES string of the molecule is COC(=O)c1ccc(O)c(OC)c1.COc1cc(C(=O)O)ccc1OCC(N)=O.N#CCBr.[C-]#[N+]COc1ccc(C(=O)OC)cc1OC. The number of carboxylic acids is 1. The van der Waals surface area contributed by atoms with Gasteiger partial charge in [-0.3, -0.25) is 9.64 Å². The van der Waals surface area contributed by atoms with Crippen LogP contribution in [0.2, 0.25) is 0 Å². The lowest BCUT2D eigenvalue weighted by molar-refractivity contribution is -0.120. The second-order valence-corrected chi connectivity index (χ2v) is 8.95. The molecule has 3 aromatic rings. The van der Waals surface area contributed by atoms with Crippen molar-refractivity contribution in [2.75, 3.05) is 54.2 Å². The molecule has 0 saturated heterocycles. The van der Waals surface area contributed by atoms with Gasteiger partial charge in [-0.05, 0) is 54.6 Å². The Kier molecular flexibility index (Phi) is 21.0. The summed E-state index contributed by atoms with van der Waals surface area (Å²) in [4.78, 5) is 46.5. The average molecular weight is 749 g/mol. The maximum atomic E-state index is 11.2. The van der Waals surface area contributed by atoms with Crippen molar-refractivity contribution >= 4 is 39.7 Å². The van der Waals surface area contributed by atoms with E-state index in [1.54, 1.807) is 12.1 Å². The highest BCUT2D eigenvalue weighted by Crippen LogP contribution is 2.29. The van der Waals surface area contributed by atoms with Crippen LogP contribution in [0.1, 0.15) is 31.1 Å². The first kappa shape index (κ1) is 42.8. The van der Waals surface area contributed by atoms with Gasteiger partial charge < -0.3 is 49.1 Å². The molecule has 3 rings (SSSR count). The maximum absolute atomic E-state index is 11.2. The third-order valence-corrected chi connectivity index (χ3v) is 5.56. The van der Waals surface area contributed by atoms with Crippen LogP contribution in [0.3, 0.4) is 0 Å². The second-order valence-electron chi connectivity index (χ2n) is 8.38. The Balaban J connectivity index is 0.000000671. The van der Waals surface area contributed by atoms with Gasteiger partial charge in [0.1, 0.15) is 0 Å². The summed E-state index contributed by atoms with van der Waals surface area (Å²) in [7, 11) is 6.84. The van der Waals surface area contributed by atoms with Crippen molar-refractivity contribution in [3.8, 4) is 40.6 Å². The Morgan fingerprint density at radius 1 is 0.776 bits per heavy atom. The first-order valence-electron chi connectivity index (χ1n) is 13.3. The summed E-state index contributed by atoms with van der Waals surface area (Å²) < 4.78 is 34.0. The number of nitrogens with zero attached hydrogens (tertiary/aromatic N) is 2. The molecule has 0 spiro atoms. The number of methoxy groups -OCH3 is 5. The number of hydrogen-bond acceptors (Lipinski definition) is 13. The lowest BCUT2D eigenvalue weighted by Gasteiger charge is -2.09. The monoisotopic (exact) mass is 747 g/mol. The number of amides is 1. The topological polar surface area (TPSA) is 228 Å². The van der Waals surface area contributed by atoms with Gasteiger partial charge in [-0.2, -0.15) is 5.26 Å². The fourth-order valence-electron chi connectivity index (χ4n) is 3.12. The second kappa shape index (κ2) is 24.0. The largest absolute Gasteiger partial charge is 0.504 e. The molecule has 0 aliphatic rings. The number of nitriles is 1. The molecule has 0 heterocycles. The molecule has 0 aliphatic heterocycles. The van der Waals surface area contributed by atoms with Crippen molar-refractivity contribution < 1.29 is 62.5 Å². The van der Waals surface area contributed by atoms with E-state index in [4.69, 9.17) is 46.4 Å². The van der Waals surface area contributed by atoms with E-state index in [0.717, 1.165) is 0 Å². The molecule has 0 radical (unpaired) electrons. The number of halogens is 1. The quantitative estimate of drug-likeness (QED) is 0.143. The van der Waals surface area contributed by atoms with Gasteiger partial charge in [0.2, 0.25) is 0 Å². The Morgan fingerprint density at radius 2 is 1.20 bits per heavy atom. The van der Waals surface area contributed by atoms with Crippen LogP contribution in [0, 0.1) is 17.9 Å². The number of aromatic carboxylic acids is 1. The molecule has 4 N–H and O–H groups in total. The Labute approximate surface area is 290 Å². The van der Waals surface area contributed by atoms with E-state index in [0.29, 0.717) is 28.0 Å². The fraction of sp³-hybridized carbons (Fsp3) is 0.250. The van der Waals surface area contributed by atoms with Gasteiger partial charge in [-0.15, -0.1) is 0 Å². The number of hydrogen-bond donors (Lipinski definition) is 3. The molecular weight excluding hydrogens is 714 g/mol. The van der Waals surface area contributed by atoms with E-state index in [1.807, 2.05) is 6.07 Å². The molecule has 1 amide bonds. The van der Waals surface area contributed by atoms with E-state index in [2.05, 4.69) is 30.2 Å². The molecule has 0 unspecified atom stereocenters. The first-order valence-corrected chi connectivity index (χ1v) is 14.4. The summed E-state index contributed by atoms with van der Waals surface area (Å²) in [5, 5.41) is 26.0. The summed E-state index contributed by atoms with van der Waals surface area (Å²) in [6.45, 7) is 6.23. The predicted molar refractivity (Wildman–Crippen MR) is 176 cm³/mol. The van der Waals surface area contributed by atoms with E-state index < -0.39 is 23.8 Å². The number of alkyl halides is 1. The molecule has 0 aliphatic carbocycles. The van der Waals surface area contributed by atoms with Crippen molar-refractivity contribution in [3.63, 3.8) is 0 Å².